The topological polar surface area (TPSA) is 59.4 Å². The molecule has 0 unspecified atom stereocenters. The molecule has 3 rings (SSSR count). The maximum Gasteiger partial charge on any atom is 0.354 e. The van der Waals surface area contributed by atoms with Crippen LogP contribution in [-0.4, -0.2) is 22.7 Å². The minimum atomic E-state index is -1.01. The van der Waals surface area contributed by atoms with Gasteiger partial charge in [0.15, 0.2) is 0 Å². The van der Waals surface area contributed by atoms with Gasteiger partial charge in [0.1, 0.15) is 11.4 Å². The number of nitrogens with zero attached hydrogens (tertiary/aromatic N) is 1. The zero-order chi connectivity index (χ0) is 13.2. The van der Waals surface area contributed by atoms with Crippen molar-refractivity contribution in [2.75, 3.05) is 6.61 Å². The molecule has 1 aromatic carbocycles. The Morgan fingerprint density at radius 3 is 2.79 bits per heavy atom. The fourth-order valence-corrected chi connectivity index (χ4v) is 2.23. The Morgan fingerprint density at radius 1 is 1.21 bits per heavy atom. The summed E-state index contributed by atoms with van der Waals surface area (Å²) in [5, 5.41) is 8.83. The van der Waals surface area contributed by atoms with Crippen LogP contribution in [0.1, 0.15) is 22.5 Å². The van der Waals surface area contributed by atoms with E-state index in [1.165, 1.54) is 11.6 Å². The smallest absolute Gasteiger partial charge is 0.354 e. The Bertz CT molecular complexity index is 620. The average molecular weight is 255 g/mol. The summed E-state index contributed by atoms with van der Waals surface area (Å²) in [6.07, 6.45) is 3.64. The Kier molecular flexibility index (Phi) is 2.91. The highest BCUT2D eigenvalue weighted by Gasteiger charge is 2.11. The van der Waals surface area contributed by atoms with Gasteiger partial charge in [-0.05, 0) is 42.2 Å². The van der Waals surface area contributed by atoms with Crippen LogP contribution in [0.15, 0.2) is 36.5 Å². The number of carboxylic acid groups (broad SMARTS) is 1. The van der Waals surface area contributed by atoms with Crippen LogP contribution in [0.4, 0.5) is 0 Å². The second-order valence-corrected chi connectivity index (χ2v) is 4.51. The lowest BCUT2D eigenvalue weighted by Gasteiger charge is -2.17. The van der Waals surface area contributed by atoms with Gasteiger partial charge in [-0.25, -0.2) is 9.78 Å². The first kappa shape index (κ1) is 11.7. The number of ether oxygens (including phenoxy) is 1. The summed E-state index contributed by atoms with van der Waals surface area (Å²) >= 11 is 0. The number of aromatic carboxylic acids is 1. The summed E-state index contributed by atoms with van der Waals surface area (Å²) < 4.78 is 5.57. The summed E-state index contributed by atoms with van der Waals surface area (Å²) in [7, 11) is 0. The van der Waals surface area contributed by atoms with Crippen molar-refractivity contribution in [3.8, 4) is 16.9 Å². The third kappa shape index (κ3) is 2.29. The van der Waals surface area contributed by atoms with E-state index in [1.54, 1.807) is 12.3 Å². The molecule has 0 atom stereocenters. The van der Waals surface area contributed by atoms with Crippen LogP contribution < -0.4 is 4.74 Å². The van der Waals surface area contributed by atoms with Gasteiger partial charge in [0.05, 0.1) is 6.61 Å². The van der Waals surface area contributed by atoms with E-state index in [4.69, 9.17) is 9.84 Å². The van der Waals surface area contributed by atoms with Crippen LogP contribution in [0.3, 0.4) is 0 Å². The number of aromatic nitrogens is 1. The van der Waals surface area contributed by atoms with Crippen LogP contribution in [0.25, 0.3) is 11.1 Å². The molecule has 0 spiro atoms. The SMILES string of the molecule is O=C(O)c1ccc(-c2ccc3c(c2)CCCO3)cn1. The molecular formula is C15H13NO3. The fourth-order valence-electron chi connectivity index (χ4n) is 2.23. The number of hydrogen-bond acceptors (Lipinski definition) is 3. The van der Waals surface area contributed by atoms with Crippen molar-refractivity contribution in [1.29, 1.82) is 0 Å². The summed E-state index contributed by atoms with van der Waals surface area (Å²) in [6.45, 7) is 0.779. The van der Waals surface area contributed by atoms with Crippen molar-refractivity contribution in [2.45, 2.75) is 12.8 Å². The third-order valence-corrected chi connectivity index (χ3v) is 3.22. The minimum Gasteiger partial charge on any atom is -0.493 e. The molecule has 1 aliphatic rings. The highest BCUT2D eigenvalue weighted by atomic mass is 16.5. The first-order valence-electron chi connectivity index (χ1n) is 6.19. The second-order valence-electron chi connectivity index (χ2n) is 4.51. The molecule has 0 saturated carbocycles. The predicted molar refractivity (Wildman–Crippen MR) is 70.4 cm³/mol. The molecule has 19 heavy (non-hydrogen) atoms. The minimum absolute atomic E-state index is 0.0602. The number of hydrogen-bond donors (Lipinski definition) is 1. The van der Waals surface area contributed by atoms with E-state index in [-0.39, 0.29) is 5.69 Å². The fraction of sp³-hybridized carbons (Fsp3) is 0.200. The molecule has 1 N–H and O–H groups in total. The highest BCUT2D eigenvalue weighted by Crippen LogP contribution is 2.29. The summed E-state index contributed by atoms with van der Waals surface area (Å²) in [4.78, 5) is 14.7. The summed E-state index contributed by atoms with van der Waals surface area (Å²) in [6, 6.07) is 9.33. The lowest BCUT2D eigenvalue weighted by molar-refractivity contribution is 0.0690. The summed E-state index contributed by atoms with van der Waals surface area (Å²) in [5.41, 5.74) is 3.21. The molecule has 2 aromatic rings. The maximum absolute atomic E-state index is 10.8. The normalized spacial score (nSPS) is 13.5. The van der Waals surface area contributed by atoms with Crippen molar-refractivity contribution in [3.05, 3.63) is 47.8 Å². The molecule has 0 radical (unpaired) electrons. The molecular weight excluding hydrogens is 242 g/mol. The largest absolute Gasteiger partial charge is 0.493 e. The van der Waals surface area contributed by atoms with Crippen LogP contribution in [0, 0.1) is 0 Å². The lowest BCUT2D eigenvalue weighted by atomic mass is 10.00. The molecule has 4 heteroatoms. The third-order valence-electron chi connectivity index (χ3n) is 3.22. The van der Waals surface area contributed by atoms with Gasteiger partial charge in [-0.2, -0.15) is 0 Å². The van der Waals surface area contributed by atoms with Crippen LogP contribution in [-0.2, 0) is 6.42 Å². The van der Waals surface area contributed by atoms with Gasteiger partial charge >= 0.3 is 5.97 Å². The molecule has 0 amide bonds. The Labute approximate surface area is 110 Å². The van der Waals surface area contributed by atoms with E-state index >= 15 is 0 Å². The van der Waals surface area contributed by atoms with Crippen molar-refractivity contribution >= 4 is 5.97 Å². The predicted octanol–water partition coefficient (Wildman–Crippen LogP) is 2.77. The van der Waals surface area contributed by atoms with Gasteiger partial charge in [0.25, 0.3) is 0 Å². The zero-order valence-corrected chi connectivity index (χ0v) is 10.3. The van der Waals surface area contributed by atoms with E-state index in [2.05, 4.69) is 11.1 Å². The quantitative estimate of drug-likeness (QED) is 0.896. The first-order chi connectivity index (χ1) is 9.24. The number of carbonyl (C=O) groups is 1. The molecule has 1 aliphatic heterocycles. The monoisotopic (exact) mass is 255 g/mol. The molecule has 0 fully saturated rings. The zero-order valence-electron chi connectivity index (χ0n) is 10.3. The van der Waals surface area contributed by atoms with Crippen LogP contribution >= 0.6 is 0 Å². The number of fused-ring (bicyclic) bond motifs is 1. The van der Waals surface area contributed by atoms with E-state index in [9.17, 15) is 4.79 Å². The molecule has 0 bridgehead atoms. The van der Waals surface area contributed by atoms with Crippen LogP contribution in [0.5, 0.6) is 5.75 Å². The number of benzene rings is 1. The lowest BCUT2D eigenvalue weighted by Crippen LogP contribution is -2.08. The van der Waals surface area contributed by atoms with Gasteiger partial charge in [0, 0.05) is 11.8 Å². The van der Waals surface area contributed by atoms with E-state index in [0.717, 1.165) is 36.3 Å². The van der Waals surface area contributed by atoms with Gasteiger partial charge < -0.3 is 9.84 Å². The van der Waals surface area contributed by atoms with Crippen LogP contribution in [0.2, 0.25) is 0 Å². The molecule has 96 valence electrons. The van der Waals surface area contributed by atoms with Gasteiger partial charge in [0.2, 0.25) is 0 Å². The van der Waals surface area contributed by atoms with Crippen molar-refractivity contribution in [2.24, 2.45) is 0 Å². The first-order valence-corrected chi connectivity index (χ1v) is 6.19. The van der Waals surface area contributed by atoms with Gasteiger partial charge in [-0.1, -0.05) is 12.1 Å². The maximum atomic E-state index is 10.8. The number of pyridine rings is 1. The van der Waals surface area contributed by atoms with Crippen molar-refractivity contribution in [1.82, 2.24) is 4.98 Å². The average Bonchev–Trinajstić information content (AvgIpc) is 2.47. The Balaban J connectivity index is 1.95. The molecule has 0 saturated heterocycles. The number of aryl methyl sites for hydroxylation is 1. The number of carboxylic acids is 1. The van der Waals surface area contributed by atoms with Gasteiger partial charge in [-0.15, -0.1) is 0 Å². The van der Waals surface area contributed by atoms with Gasteiger partial charge in [-0.3, -0.25) is 0 Å². The molecule has 2 heterocycles. The Hall–Kier alpha value is -2.36. The Morgan fingerprint density at radius 2 is 2.05 bits per heavy atom. The molecule has 1 aromatic heterocycles. The van der Waals surface area contributed by atoms with E-state index in [0.29, 0.717) is 0 Å². The van der Waals surface area contributed by atoms with E-state index < -0.39 is 5.97 Å². The molecule has 0 aliphatic carbocycles. The second kappa shape index (κ2) is 4.72. The molecule has 4 nitrogen and oxygen atoms in total. The number of rotatable bonds is 2. The van der Waals surface area contributed by atoms with Crippen molar-refractivity contribution in [3.63, 3.8) is 0 Å². The standard InChI is InChI=1S/C15H13NO3/c17-15(18)13-5-3-12(9-16-13)10-4-6-14-11(8-10)2-1-7-19-14/h3-6,8-9H,1-2,7H2,(H,17,18). The summed E-state index contributed by atoms with van der Waals surface area (Å²) in [5.74, 6) is -0.0597. The van der Waals surface area contributed by atoms with Crippen molar-refractivity contribution < 1.29 is 14.6 Å². The van der Waals surface area contributed by atoms with E-state index in [1.807, 2.05) is 12.1 Å². The highest BCUT2D eigenvalue weighted by molar-refractivity contribution is 5.85.